The van der Waals surface area contributed by atoms with Gasteiger partial charge in [0.05, 0.1) is 6.61 Å². The molecule has 1 atom stereocenters. The molecular weight excluding hydrogens is 150 g/mol. The summed E-state index contributed by atoms with van der Waals surface area (Å²) in [5.41, 5.74) is 5.40. The summed E-state index contributed by atoms with van der Waals surface area (Å²) in [5, 5.41) is 8.46. The molecule has 0 aromatic heterocycles. The molecule has 0 saturated heterocycles. The third-order valence-electron chi connectivity index (χ3n) is 1.05. The van der Waals surface area contributed by atoms with Crippen molar-refractivity contribution in [2.24, 2.45) is 5.73 Å². The van der Waals surface area contributed by atoms with Crippen LogP contribution in [0, 0.1) is 11.8 Å². The molecule has 0 saturated carbocycles. The van der Waals surface area contributed by atoms with E-state index in [9.17, 15) is 0 Å². The number of halogens is 1. The first kappa shape index (κ1) is 12.4. The minimum absolute atomic E-state index is 0. The van der Waals surface area contributed by atoms with Crippen LogP contribution >= 0.6 is 12.4 Å². The highest BCUT2D eigenvalue weighted by atomic mass is 35.5. The van der Waals surface area contributed by atoms with E-state index in [1.807, 2.05) is 0 Å². The van der Waals surface area contributed by atoms with Crippen molar-refractivity contribution in [1.29, 1.82) is 0 Å². The quantitative estimate of drug-likeness (QED) is 0.597. The molecule has 0 aromatic carbocycles. The van der Waals surface area contributed by atoms with Gasteiger partial charge in [-0.05, 0) is 13.3 Å². The van der Waals surface area contributed by atoms with Gasteiger partial charge in [-0.1, -0.05) is 0 Å². The lowest BCUT2D eigenvalue weighted by atomic mass is 10.2. The van der Waals surface area contributed by atoms with Crippen molar-refractivity contribution in [3.8, 4) is 11.8 Å². The van der Waals surface area contributed by atoms with E-state index >= 15 is 0 Å². The number of nitrogens with two attached hydrogens (primary N) is 1. The molecule has 0 aliphatic carbocycles. The van der Waals surface area contributed by atoms with Crippen LogP contribution in [-0.4, -0.2) is 17.8 Å². The summed E-state index contributed by atoms with van der Waals surface area (Å²) in [6.07, 6.45) is 1.58. The molecule has 3 N–H and O–H groups in total. The van der Waals surface area contributed by atoms with Crippen molar-refractivity contribution < 1.29 is 5.11 Å². The van der Waals surface area contributed by atoms with E-state index in [0.717, 1.165) is 12.8 Å². The van der Waals surface area contributed by atoms with Crippen molar-refractivity contribution in [2.45, 2.75) is 25.8 Å². The average molecular weight is 164 g/mol. The van der Waals surface area contributed by atoms with Crippen molar-refractivity contribution in [3.63, 3.8) is 0 Å². The van der Waals surface area contributed by atoms with Crippen molar-refractivity contribution >= 4 is 12.4 Å². The van der Waals surface area contributed by atoms with Gasteiger partial charge in [-0.15, -0.1) is 24.2 Å². The Morgan fingerprint density at radius 3 is 2.60 bits per heavy atom. The Labute approximate surface area is 68.2 Å². The molecule has 0 aliphatic heterocycles. The molecule has 3 heteroatoms. The third-order valence-corrected chi connectivity index (χ3v) is 1.05. The molecule has 0 unspecified atom stereocenters. The first-order chi connectivity index (χ1) is 4.31. The predicted octanol–water partition coefficient (Wildman–Crippen LogP) is 0.531. The second-order valence-corrected chi connectivity index (χ2v) is 1.91. The van der Waals surface area contributed by atoms with Crippen LogP contribution in [0.3, 0.4) is 0 Å². The van der Waals surface area contributed by atoms with Crippen LogP contribution in [0.25, 0.3) is 0 Å². The van der Waals surface area contributed by atoms with E-state index in [1.165, 1.54) is 0 Å². The minimum atomic E-state index is -0.0918. The normalized spacial score (nSPS) is 10.7. The maximum Gasteiger partial charge on any atom is 0.0582 e. The first-order valence-corrected chi connectivity index (χ1v) is 3.07. The second-order valence-electron chi connectivity index (χ2n) is 1.91. The Morgan fingerprint density at radius 1 is 1.60 bits per heavy atom. The van der Waals surface area contributed by atoms with Gasteiger partial charge in [-0.3, -0.25) is 0 Å². The van der Waals surface area contributed by atoms with E-state index in [4.69, 9.17) is 10.8 Å². The summed E-state index contributed by atoms with van der Waals surface area (Å²) in [7, 11) is 0. The van der Waals surface area contributed by atoms with Gasteiger partial charge in [0.25, 0.3) is 0 Å². The largest absolute Gasteiger partial charge is 0.395 e. The molecule has 0 heterocycles. The minimum Gasteiger partial charge on any atom is -0.395 e. The molecule has 0 spiro atoms. The highest BCUT2D eigenvalue weighted by Gasteiger charge is 1.95. The maximum atomic E-state index is 8.46. The highest BCUT2D eigenvalue weighted by molar-refractivity contribution is 5.85. The van der Waals surface area contributed by atoms with Crippen LogP contribution in [0.1, 0.15) is 19.8 Å². The summed E-state index contributed by atoms with van der Waals surface area (Å²) >= 11 is 0. The van der Waals surface area contributed by atoms with Gasteiger partial charge in [0.1, 0.15) is 0 Å². The van der Waals surface area contributed by atoms with Crippen LogP contribution in [0.2, 0.25) is 0 Å². The summed E-state index contributed by atoms with van der Waals surface area (Å²) < 4.78 is 0. The summed E-state index contributed by atoms with van der Waals surface area (Å²) in [6.45, 7) is 1.86. The van der Waals surface area contributed by atoms with Gasteiger partial charge in [0.2, 0.25) is 0 Å². The summed E-state index contributed by atoms with van der Waals surface area (Å²) in [5.74, 6) is 5.63. The Morgan fingerprint density at radius 2 is 2.20 bits per heavy atom. The molecule has 0 radical (unpaired) electrons. The van der Waals surface area contributed by atoms with E-state index in [-0.39, 0.29) is 25.1 Å². The monoisotopic (exact) mass is 163 g/mol. The number of aliphatic hydroxyl groups is 1. The van der Waals surface area contributed by atoms with E-state index < -0.39 is 0 Å². The smallest absolute Gasteiger partial charge is 0.0582 e. The lowest BCUT2D eigenvalue weighted by Gasteiger charge is -2.02. The summed E-state index contributed by atoms with van der Waals surface area (Å²) in [6, 6.07) is -0.0918. The van der Waals surface area contributed by atoms with Gasteiger partial charge in [-0.2, -0.15) is 0 Å². The van der Waals surface area contributed by atoms with Gasteiger partial charge in [0, 0.05) is 12.5 Å². The zero-order valence-electron chi connectivity index (χ0n) is 6.13. The number of rotatable bonds is 3. The highest BCUT2D eigenvalue weighted by Crippen LogP contribution is 1.90. The lowest BCUT2D eigenvalue weighted by Crippen LogP contribution is -2.23. The fraction of sp³-hybridized carbons (Fsp3) is 0.714. The Balaban J connectivity index is 0. The number of aliphatic hydroxyl groups excluding tert-OH is 1. The lowest BCUT2D eigenvalue weighted by molar-refractivity contribution is 0.261. The van der Waals surface area contributed by atoms with Crippen LogP contribution < -0.4 is 5.73 Å². The van der Waals surface area contributed by atoms with Crippen LogP contribution in [-0.2, 0) is 0 Å². The van der Waals surface area contributed by atoms with Gasteiger partial charge >= 0.3 is 0 Å². The molecule has 60 valence electrons. The molecule has 0 rings (SSSR count). The Bertz CT molecular complexity index is 117. The molecule has 0 fully saturated rings. The van der Waals surface area contributed by atoms with Gasteiger partial charge in [-0.25, -0.2) is 0 Å². The molecule has 0 aliphatic rings. The Kier molecular flexibility index (Phi) is 10.9. The van der Waals surface area contributed by atoms with Gasteiger partial charge < -0.3 is 10.8 Å². The zero-order chi connectivity index (χ0) is 7.11. The SMILES string of the molecule is CC#CCC[C@@H](N)CO.Cl. The van der Waals surface area contributed by atoms with E-state index in [2.05, 4.69) is 11.8 Å². The van der Waals surface area contributed by atoms with Crippen molar-refractivity contribution in [2.75, 3.05) is 6.61 Å². The first-order valence-electron chi connectivity index (χ1n) is 3.07. The molecule has 10 heavy (non-hydrogen) atoms. The fourth-order valence-corrected chi connectivity index (χ4v) is 0.474. The van der Waals surface area contributed by atoms with E-state index in [1.54, 1.807) is 6.92 Å². The standard InChI is InChI=1S/C7H13NO.ClH/c1-2-3-4-5-7(8)6-9;/h7,9H,4-6,8H2,1H3;1H/t7-;/m1./s1. The van der Waals surface area contributed by atoms with Crippen molar-refractivity contribution in [3.05, 3.63) is 0 Å². The van der Waals surface area contributed by atoms with Crippen LogP contribution in [0.15, 0.2) is 0 Å². The Hall–Kier alpha value is -0.230. The van der Waals surface area contributed by atoms with Crippen molar-refractivity contribution in [1.82, 2.24) is 0 Å². The third kappa shape index (κ3) is 7.77. The molecule has 0 bridgehead atoms. The number of hydrogen-bond donors (Lipinski definition) is 2. The topological polar surface area (TPSA) is 46.2 Å². The predicted molar refractivity (Wildman–Crippen MR) is 45.0 cm³/mol. The fourth-order valence-electron chi connectivity index (χ4n) is 0.474. The maximum absolute atomic E-state index is 8.46. The number of hydrogen-bond acceptors (Lipinski definition) is 2. The molecule has 2 nitrogen and oxygen atoms in total. The average Bonchev–Trinajstić information content (AvgIpc) is 1.89. The van der Waals surface area contributed by atoms with E-state index in [0.29, 0.717) is 0 Å². The van der Waals surface area contributed by atoms with Gasteiger partial charge in [0.15, 0.2) is 0 Å². The molecule has 0 amide bonds. The van der Waals surface area contributed by atoms with Crippen LogP contribution in [0.5, 0.6) is 0 Å². The summed E-state index contributed by atoms with van der Waals surface area (Å²) in [4.78, 5) is 0. The molecule has 0 aromatic rings. The van der Waals surface area contributed by atoms with Crippen LogP contribution in [0.4, 0.5) is 0 Å². The molecular formula is C7H14ClNO. The zero-order valence-corrected chi connectivity index (χ0v) is 6.95. The second kappa shape index (κ2) is 8.77.